The van der Waals surface area contributed by atoms with Crippen LogP contribution in [0.4, 0.5) is 6.01 Å². The number of benzene rings is 1. The standard InChI is InChI=1S/C20H27N3O2/c1-2-16-7-5-6-12-23(16)19(24)15-10-13-22(14-11-15)20-21-17-8-3-4-9-18(17)25-20/h3-4,8-9,15-16H,2,5-7,10-14H2,1H3. The summed E-state index contributed by atoms with van der Waals surface area (Å²) >= 11 is 0. The maximum Gasteiger partial charge on any atom is 0.298 e. The molecule has 134 valence electrons. The number of carbonyl (C=O) groups excluding carboxylic acids is 1. The summed E-state index contributed by atoms with van der Waals surface area (Å²) in [5, 5.41) is 0. The van der Waals surface area contributed by atoms with Gasteiger partial charge in [0.15, 0.2) is 5.58 Å². The minimum absolute atomic E-state index is 0.160. The third kappa shape index (κ3) is 3.24. The highest BCUT2D eigenvalue weighted by Gasteiger charge is 2.33. The van der Waals surface area contributed by atoms with Crippen LogP contribution >= 0.6 is 0 Å². The molecule has 2 aromatic rings. The summed E-state index contributed by atoms with van der Waals surface area (Å²) in [6.45, 7) is 4.83. The van der Waals surface area contributed by atoms with Gasteiger partial charge < -0.3 is 14.2 Å². The maximum atomic E-state index is 13.0. The molecule has 0 spiro atoms. The molecule has 5 nitrogen and oxygen atoms in total. The largest absolute Gasteiger partial charge is 0.423 e. The number of piperidine rings is 2. The van der Waals surface area contributed by atoms with Crippen molar-refractivity contribution in [1.29, 1.82) is 0 Å². The molecular formula is C20H27N3O2. The minimum atomic E-state index is 0.160. The first-order chi connectivity index (χ1) is 12.3. The van der Waals surface area contributed by atoms with E-state index in [1.54, 1.807) is 0 Å². The van der Waals surface area contributed by atoms with Crippen LogP contribution in [-0.2, 0) is 4.79 Å². The van der Waals surface area contributed by atoms with Crippen LogP contribution in [-0.4, -0.2) is 41.5 Å². The van der Waals surface area contributed by atoms with Gasteiger partial charge in [-0.1, -0.05) is 19.1 Å². The number of hydrogen-bond acceptors (Lipinski definition) is 4. The predicted molar refractivity (Wildman–Crippen MR) is 98.6 cm³/mol. The van der Waals surface area contributed by atoms with Gasteiger partial charge in [0.2, 0.25) is 5.91 Å². The summed E-state index contributed by atoms with van der Waals surface area (Å²) in [7, 11) is 0. The van der Waals surface area contributed by atoms with Gasteiger partial charge in [-0.05, 0) is 50.7 Å². The topological polar surface area (TPSA) is 49.6 Å². The number of para-hydroxylation sites is 2. The SMILES string of the molecule is CCC1CCCCN1C(=O)C1CCN(c2nc3ccccc3o2)CC1. The quantitative estimate of drug-likeness (QED) is 0.851. The monoisotopic (exact) mass is 341 g/mol. The molecule has 2 fully saturated rings. The molecule has 1 unspecified atom stereocenters. The normalized spacial score (nSPS) is 22.5. The van der Waals surface area contributed by atoms with Crippen LogP contribution in [0, 0.1) is 5.92 Å². The van der Waals surface area contributed by atoms with Gasteiger partial charge in [0.05, 0.1) is 0 Å². The number of rotatable bonds is 3. The molecule has 0 aliphatic carbocycles. The zero-order chi connectivity index (χ0) is 17.2. The van der Waals surface area contributed by atoms with Gasteiger partial charge in [-0.2, -0.15) is 4.98 Å². The Balaban J connectivity index is 1.40. The van der Waals surface area contributed by atoms with E-state index in [1.165, 1.54) is 12.8 Å². The van der Waals surface area contributed by atoms with Crippen LogP contribution in [0.1, 0.15) is 45.4 Å². The molecule has 25 heavy (non-hydrogen) atoms. The number of aromatic nitrogens is 1. The smallest absolute Gasteiger partial charge is 0.298 e. The van der Waals surface area contributed by atoms with Crippen molar-refractivity contribution >= 4 is 23.0 Å². The Hall–Kier alpha value is -2.04. The van der Waals surface area contributed by atoms with E-state index < -0.39 is 0 Å². The Kier molecular flexibility index (Phi) is 4.64. The number of oxazole rings is 1. The van der Waals surface area contributed by atoms with E-state index >= 15 is 0 Å². The minimum Gasteiger partial charge on any atom is -0.423 e. The number of likely N-dealkylation sites (tertiary alicyclic amines) is 1. The first kappa shape index (κ1) is 16.4. The third-order valence-electron chi connectivity index (χ3n) is 5.78. The first-order valence-corrected chi connectivity index (χ1v) is 9.67. The Labute approximate surface area is 149 Å². The Morgan fingerprint density at radius 1 is 1.16 bits per heavy atom. The highest BCUT2D eigenvalue weighted by Crippen LogP contribution is 2.29. The fourth-order valence-electron chi connectivity index (χ4n) is 4.26. The fraction of sp³-hybridized carbons (Fsp3) is 0.600. The highest BCUT2D eigenvalue weighted by molar-refractivity contribution is 5.79. The van der Waals surface area contributed by atoms with Crippen molar-refractivity contribution in [3.8, 4) is 0 Å². The molecule has 4 rings (SSSR count). The number of fused-ring (bicyclic) bond motifs is 1. The number of hydrogen-bond donors (Lipinski definition) is 0. The number of nitrogens with zero attached hydrogens (tertiary/aromatic N) is 3. The second-order valence-corrected chi connectivity index (χ2v) is 7.31. The van der Waals surface area contributed by atoms with Gasteiger partial charge in [-0.3, -0.25) is 4.79 Å². The fourth-order valence-corrected chi connectivity index (χ4v) is 4.26. The van der Waals surface area contributed by atoms with Crippen molar-refractivity contribution in [2.45, 2.75) is 51.5 Å². The van der Waals surface area contributed by atoms with Crippen LogP contribution in [0.2, 0.25) is 0 Å². The second-order valence-electron chi connectivity index (χ2n) is 7.31. The Morgan fingerprint density at radius 2 is 1.96 bits per heavy atom. The summed E-state index contributed by atoms with van der Waals surface area (Å²) in [4.78, 5) is 21.9. The van der Waals surface area contributed by atoms with Crippen LogP contribution in [0.5, 0.6) is 0 Å². The molecule has 1 atom stereocenters. The van der Waals surface area contributed by atoms with Crippen LogP contribution in [0.25, 0.3) is 11.1 Å². The highest BCUT2D eigenvalue weighted by atomic mass is 16.4. The second kappa shape index (κ2) is 7.06. The van der Waals surface area contributed by atoms with Crippen molar-refractivity contribution in [3.05, 3.63) is 24.3 Å². The Bertz CT molecular complexity index is 700. The van der Waals surface area contributed by atoms with Gasteiger partial charge in [0.1, 0.15) is 5.52 Å². The molecule has 2 aliphatic rings. The molecule has 0 radical (unpaired) electrons. The van der Waals surface area contributed by atoms with Gasteiger partial charge in [0, 0.05) is 31.6 Å². The zero-order valence-corrected chi connectivity index (χ0v) is 15.0. The average molecular weight is 341 g/mol. The molecule has 2 aliphatic heterocycles. The molecule has 0 bridgehead atoms. The molecule has 1 aromatic heterocycles. The lowest BCUT2D eigenvalue weighted by Gasteiger charge is -2.39. The van der Waals surface area contributed by atoms with Crippen LogP contribution < -0.4 is 4.90 Å². The maximum absolute atomic E-state index is 13.0. The summed E-state index contributed by atoms with van der Waals surface area (Å²) in [5.74, 6) is 0.538. The molecule has 1 aromatic carbocycles. The van der Waals surface area contributed by atoms with Crippen LogP contribution in [0.15, 0.2) is 28.7 Å². The van der Waals surface area contributed by atoms with E-state index in [-0.39, 0.29) is 5.92 Å². The summed E-state index contributed by atoms with van der Waals surface area (Å²) < 4.78 is 5.87. The Morgan fingerprint density at radius 3 is 2.72 bits per heavy atom. The number of carbonyl (C=O) groups is 1. The zero-order valence-electron chi connectivity index (χ0n) is 15.0. The lowest BCUT2D eigenvalue weighted by atomic mass is 9.92. The lowest BCUT2D eigenvalue weighted by molar-refractivity contribution is -0.140. The van der Waals surface area contributed by atoms with Gasteiger partial charge >= 0.3 is 0 Å². The van der Waals surface area contributed by atoms with Crippen molar-refractivity contribution in [2.24, 2.45) is 5.92 Å². The number of anilines is 1. The summed E-state index contributed by atoms with van der Waals surface area (Å²) in [6.07, 6.45) is 6.45. The van der Waals surface area contributed by atoms with Gasteiger partial charge in [0.25, 0.3) is 6.01 Å². The van der Waals surface area contributed by atoms with Crippen molar-refractivity contribution in [1.82, 2.24) is 9.88 Å². The van der Waals surface area contributed by atoms with E-state index in [0.717, 1.165) is 56.4 Å². The van der Waals surface area contributed by atoms with Gasteiger partial charge in [-0.25, -0.2) is 0 Å². The third-order valence-corrected chi connectivity index (χ3v) is 5.78. The average Bonchev–Trinajstić information content (AvgIpc) is 3.12. The number of amides is 1. The van der Waals surface area contributed by atoms with E-state index in [9.17, 15) is 4.79 Å². The van der Waals surface area contributed by atoms with Gasteiger partial charge in [-0.15, -0.1) is 0 Å². The first-order valence-electron chi connectivity index (χ1n) is 9.67. The van der Waals surface area contributed by atoms with Crippen LogP contribution in [0.3, 0.4) is 0 Å². The molecule has 5 heteroatoms. The van der Waals surface area contributed by atoms with Crippen molar-refractivity contribution in [2.75, 3.05) is 24.5 Å². The van der Waals surface area contributed by atoms with E-state index in [1.807, 2.05) is 24.3 Å². The molecule has 3 heterocycles. The molecule has 0 N–H and O–H groups in total. The van der Waals surface area contributed by atoms with E-state index in [2.05, 4.69) is 21.7 Å². The summed E-state index contributed by atoms with van der Waals surface area (Å²) in [6, 6.07) is 9.00. The van der Waals surface area contributed by atoms with E-state index in [4.69, 9.17) is 4.42 Å². The molecular weight excluding hydrogens is 314 g/mol. The molecule has 0 saturated carbocycles. The predicted octanol–water partition coefficient (Wildman–Crippen LogP) is 3.84. The van der Waals surface area contributed by atoms with E-state index in [0.29, 0.717) is 18.0 Å². The van der Waals surface area contributed by atoms with Crippen molar-refractivity contribution < 1.29 is 9.21 Å². The van der Waals surface area contributed by atoms with Crippen molar-refractivity contribution in [3.63, 3.8) is 0 Å². The molecule has 1 amide bonds. The molecule has 2 saturated heterocycles. The summed E-state index contributed by atoms with van der Waals surface area (Å²) in [5.41, 5.74) is 1.73. The lowest BCUT2D eigenvalue weighted by Crippen LogP contribution is -2.48.